The summed E-state index contributed by atoms with van der Waals surface area (Å²) in [5.74, 6) is 0. The number of nitrogens with two attached hydrogens (primary N) is 1. The molecule has 27 heavy (non-hydrogen) atoms. The number of nitrogens with zero attached hydrogens (tertiary/aromatic N) is 1. The second-order valence-corrected chi connectivity index (χ2v) is 9.98. The Hall–Kier alpha value is -2.07. The number of hydrogen-bond donors (Lipinski definition) is 2. The Labute approximate surface area is 162 Å². The molecule has 144 valence electrons. The first-order valence-corrected chi connectivity index (χ1v) is 11.0. The molecule has 0 amide bonds. The molecule has 0 aliphatic heterocycles. The van der Waals surface area contributed by atoms with Crippen molar-refractivity contribution in [1.82, 2.24) is 4.57 Å². The third-order valence-electron chi connectivity index (χ3n) is 4.48. The first-order valence-electron chi connectivity index (χ1n) is 7.73. The van der Waals surface area contributed by atoms with Gasteiger partial charge >= 0.3 is 0 Å². The Morgan fingerprint density at radius 1 is 1.07 bits per heavy atom. The molecular formula is C17H17ClN2O5S2. The maximum Gasteiger partial charge on any atom is 0.296 e. The molecule has 3 aromatic rings. The summed E-state index contributed by atoms with van der Waals surface area (Å²) in [4.78, 5) is -0.786. The maximum absolute atomic E-state index is 13.3. The van der Waals surface area contributed by atoms with Crippen LogP contribution in [0.5, 0.6) is 0 Å². The summed E-state index contributed by atoms with van der Waals surface area (Å²) in [5, 5.41) is 0.00950. The first-order chi connectivity index (χ1) is 12.4. The number of hydrogen-bond acceptors (Lipinski definition) is 5. The van der Waals surface area contributed by atoms with Gasteiger partial charge in [0.25, 0.3) is 10.1 Å². The summed E-state index contributed by atoms with van der Waals surface area (Å²) in [7, 11) is -7.21. The number of halogens is 1. The Kier molecular flexibility index (Phi) is 4.54. The lowest BCUT2D eigenvalue weighted by molar-refractivity contribution is 0.483. The third kappa shape index (κ3) is 3.10. The number of anilines is 1. The van der Waals surface area contributed by atoms with Gasteiger partial charge in [-0.3, -0.25) is 4.55 Å². The second-order valence-electron chi connectivity index (χ2n) is 6.29. The topological polar surface area (TPSA) is 119 Å². The Balaban J connectivity index is 2.51. The van der Waals surface area contributed by atoms with Crippen LogP contribution in [0, 0.1) is 13.8 Å². The van der Waals surface area contributed by atoms with E-state index in [1.54, 1.807) is 20.0 Å². The van der Waals surface area contributed by atoms with E-state index in [2.05, 4.69) is 0 Å². The van der Waals surface area contributed by atoms with Crippen molar-refractivity contribution in [2.45, 2.75) is 28.5 Å². The van der Waals surface area contributed by atoms with Gasteiger partial charge in [-0.15, -0.1) is 0 Å². The summed E-state index contributed by atoms with van der Waals surface area (Å²) in [6.07, 6.45) is 0. The smallest absolute Gasteiger partial charge is 0.296 e. The molecule has 0 saturated heterocycles. The van der Waals surface area contributed by atoms with Gasteiger partial charge in [0.2, 0.25) is 9.84 Å². The minimum Gasteiger partial charge on any atom is -0.398 e. The molecule has 1 aromatic heterocycles. The van der Waals surface area contributed by atoms with E-state index in [4.69, 9.17) is 17.3 Å². The van der Waals surface area contributed by atoms with E-state index < -0.39 is 24.9 Å². The van der Waals surface area contributed by atoms with Crippen molar-refractivity contribution in [3.63, 3.8) is 0 Å². The molecule has 0 atom stereocenters. The molecule has 0 aliphatic carbocycles. The fourth-order valence-electron chi connectivity index (χ4n) is 3.07. The molecule has 0 radical (unpaired) electrons. The molecule has 10 heteroatoms. The molecule has 0 unspecified atom stereocenters. The van der Waals surface area contributed by atoms with Crippen LogP contribution in [0.15, 0.2) is 45.0 Å². The van der Waals surface area contributed by atoms with Crippen molar-refractivity contribution in [2.75, 3.05) is 5.73 Å². The van der Waals surface area contributed by atoms with Gasteiger partial charge in [-0.05, 0) is 49.7 Å². The highest BCUT2D eigenvalue weighted by molar-refractivity contribution is 7.92. The molecule has 0 fully saturated rings. The van der Waals surface area contributed by atoms with Gasteiger partial charge in [-0.25, -0.2) is 8.42 Å². The SMILES string of the molecule is Cc1cc(S(=O)(=O)c2ccc(N)c(Cl)c2)c2c(S(=O)(=O)O)c(C)n(C)c2c1. The van der Waals surface area contributed by atoms with Crippen molar-refractivity contribution < 1.29 is 21.4 Å². The minimum absolute atomic E-state index is 0.0592. The number of benzene rings is 2. The predicted octanol–water partition coefficient (Wildman–Crippen LogP) is 3.11. The van der Waals surface area contributed by atoms with E-state index in [9.17, 15) is 21.4 Å². The highest BCUT2D eigenvalue weighted by Crippen LogP contribution is 2.38. The molecule has 0 spiro atoms. The Bertz CT molecular complexity index is 1310. The van der Waals surface area contributed by atoms with Crippen LogP contribution in [0.4, 0.5) is 5.69 Å². The number of aromatic nitrogens is 1. The van der Waals surface area contributed by atoms with Gasteiger partial charge in [0.1, 0.15) is 4.90 Å². The summed E-state index contributed by atoms with van der Waals surface area (Å²) in [5.41, 5.74) is 7.09. The van der Waals surface area contributed by atoms with Crippen molar-refractivity contribution in [3.05, 3.63) is 46.6 Å². The number of sulfone groups is 1. The zero-order valence-electron chi connectivity index (χ0n) is 14.7. The molecule has 0 saturated carbocycles. The van der Waals surface area contributed by atoms with E-state index in [1.165, 1.54) is 35.8 Å². The normalized spacial score (nSPS) is 12.6. The van der Waals surface area contributed by atoms with Crippen LogP contribution in [0.25, 0.3) is 10.9 Å². The number of aryl methyl sites for hydroxylation is 2. The van der Waals surface area contributed by atoms with Crippen LogP contribution in [0.2, 0.25) is 5.02 Å². The van der Waals surface area contributed by atoms with Crippen LogP contribution in [0.3, 0.4) is 0 Å². The van der Waals surface area contributed by atoms with Gasteiger partial charge in [0, 0.05) is 18.1 Å². The lowest BCUT2D eigenvalue weighted by Crippen LogP contribution is -2.06. The highest BCUT2D eigenvalue weighted by Gasteiger charge is 2.30. The van der Waals surface area contributed by atoms with Gasteiger partial charge < -0.3 is 10.3 Å². The standard InChI is InChI=1S/C17H17ClN2O5S2/c1-9-6-14-16(17(27(23,24)25)10(2)20(14)3)15(7-9)26(21,22)11-4-5-13(19)12(18)8-11/h4-8H,19H2,1-3H3,(H,23,24,25). The number of rotatable bonds is 3. The fraction of sp³-hybridized carbons (Fsp3) is 0.176. The summed E-state index contributed by atoms with van der Waals surface area (Å²) in [6.45, 7) is 3.19. The van der Waals surface area contributed by atoms with Crippen LogP contribution in [-0.4, -0.2) is 26.0 Å². The molecule has 3 rings (SSSR count). The second kappa shape index (κ2) is 6.23. The van der Waals surface area contributed by atoms with Crippen molar-refractivity contribution >= 4 is 48.1 Å². The molecular weight excluding hydrogens is 412 g/mol. The third-order valence-corrected chi connectivity index (χ3v) is 7.59. The number of nitrogen functional groups attached to an aromatic ring is 1. The molecule has 0 bridgehead atoms. The lowest BCUT2D eigenvalue weighted by atomic mass is 10.2. The zero-order valence-corrected chi connectivity index (χ0v) is 17.1. The van der Waals surface area contributed by atoms with Gasteiger partial charge in [-0.1, -0.05) is 11.6 Å². The Morgan fingerprint density at radius 3 is 2.26 bits per heavy atom. The molecule has 7 nitrogen and oxygen atoms in total. The van der Waals surface area contributed by atoms with E-state index >= 15 is 0 Å². The average Bonchev–Trinajstić information content (AvgIpc) is 2.80. The lowest BCUT2D eigenvalue weighted by Gasteiger charge is -2.10. The zero-order chi connectivity index (χ0) is 20.3. The van der Waals surface area contributed by atoms with Crippen LogP contribution >= 0.6 is 11.6 Å². The largest absolute Gasteiger partial charge is 0.398 e. The van der Waals surface area contributed by atoms with Gasteiger partial charge in [0.15, 0.2) is 0 Å². The quantitative estimate of drug-likeness (QED) is 0.488. The van der Waals surface area contributed by atoms with Crippen LogP contribution < -0.4 is 5.73 Å². The summed E-state index contributed by atoms with van der Waals surface area (Å²) >= 11 is 5.96. The van der Waals surface area contributed by atoms with Crippen LogP contribution in [-0.2, 0) is 27.0 Å². The highest BCUT2D eigenvalue weighted by atomic mass is 35.5. The van der Waals surface area contributed by atoms with E-state index in [0.29, 0.717) is 11.1 Å². The molecule has 1 heterocycles. The van der Waals surface area contributed by atoms with Crippen molar-refractivity contribution in [1.29, 1.82) is 0 Å². The molecule has 0 aliphatic rings. The first kappa shape index (κ1) is 19.7. The average molecular weight is 429 g/mol. The van der Waals surface area contributed by atoms with Crippen LogP contribution in [0.1, 0.15) is 11.3 Å². The van der Waals surface area contributed by atoms with Crippen molar-refractivity contribution in [2.24, 2.45) is 7.05 Å². The van der Waals surface area contributed by atoms with E-state index in [0.717, 1.165) is 0 Å². The minimum atomic E-state index is -4.66. The fourth-order valence-corrected chi connectivity index (χ4v) is 5.95. The monoisotopic (exact) mass is 428 g/mol. The summed E-state index contributed by atoms with van der Waals surface area (Å²) in [6, 6.07) is 6.90. The number of fused-ring (bicyclic) bond motifs is 1. The van der Waals surface area contributed by atoms with Gasteiger partial charge in [-0.2, -0.15) is 8.42 Å². The van der Waals surface area contributed by atoms with Crippen molar-refractivity contribution in [3.8, 4) is 0 Å². The maximum atomic E-state index is 13.3. The van der Waals surface area contributed by atoms with E-state index in [-0.39, 0.29) is 31.6 Å². The van der Waals surface area contributed by atoms with E-state index in [1.807, 2.05) is 0 Å². The molecule has 3 N–H and O–H groups in total. The Morgan fingerprint density at radius 2 is 1.70 bits per heavy atom. The molecule has 2 aromatic carbocycles. The predicted molar refractivity (Wildman–Crippen MR) is 104 cm³/mol. The summed E-state index contributed by atoms with van der Waals surface area (Å²) < 4.78 is 61.8. The van der Waals surface area contributed by atoms with Gasteiger partial charge in [0.05, 0.1) is 26.0 Å².